The van der Waals surface area contributed by atoms with E-state index in [0.717, 1.165) is 66.1 Å². The van der Waals surface area contributed by atoms with E-state index >= 15 is 0 Å². The molecule has 3 aliphatic rings. The van der Waals surface area contributed by atoms with Crippen molar-refractivity contribution in [2.24, 2.45) is 10.9 Å². The number of benzene rings is 2. The Bertz CT molecular complexity index is 3190. The van der Waals surface area contributed by atoms with Gasteiger partial charge in [0, 0.05) is 76.9 Å². The third-order valence-corrected chi connectivity index (χ3v) is 16.4. The van der Waals surface area contributed by atoms with Crippen molar-refractivity contribution in [3.63, 3.8) is 0 Å². The summed E-state index contributed by atoms with van der Waals surface area (Å²) < 4.78 is 10.00. The molecule has 0 bridgehead atoms. The molecule has 372 valence electrons. The lowest BCUT2D eigenvalue weighted by molar-refractivity contribution is -0.142. The van der Waals surface area contributed by atoms with Crippen LogP contribution in [0.25, 0.3) is 26.6 Å². The summed E-state index contributed by atoms with van der Waals surface area (Å²) in [6.07, 6.45) is 5.63. The third-order valence-electron chi connectivity index (χ3n) is 14.0. The number of aliphatic hydroxyl groups excluding tert-OH is 1. The van der Waals surface area contributed by atoms with Crippen molar-refractivity contribution in [3.8, 4) is 32.4 Å². The van der Waals surface area contributed by atoms with Gasteiger partial charge in [0.05, 0.1) is 46.6 Å². The smallest absolute Gasteiger partial charge is 0.248 e. The quantitative estimate of drug-likeness (QED) is 0.0949. The first-order chi connectivity index (χ1) is 34.6. The molecule has 1 aliphatic carbocycles. The number of hydrogen-bond donors (Lipinski definition) is 3. The summed E-state index contributed by atoms with van der Waals surface area (Å²) >= 11 is 9.54. The van der Waals surface area contributed by atoms with Gasteiger partial charge in [0.15, 0.2) is 5.82 Å². The first kappa shape index (κ1) is 49.0. The number of ether oxygens (including phenoxy) is 1. The van der Waals surface area contributed by atoms with Gasteiger partial charge >= 0.3 is 0 Å². The largest absolute Gasteiger partial charge is 0.474 e. The highest BCUT2D eigenvalue weighted by atomic mass is 35.5. The van der Waals surface area contributed by atoms with Crippen LogP contribution in [0.5, 0.6) is 5.88 Å². The fourth-order valence-electron chi connectivity index (χ4n) is 9.91. The van der Waals surface area contributed by atoms with Crippen molar-refractivity contribution >= 4 is 57.7 Å². The molecule has 2 aromatic carbocycles. The maximum Gasteiger partial charge on any atom is 0.248 e. The number of thiophene rings is 1. The normalized spacial score (nSPS) is 20.2. The highest BCUT2D eigenvalue weighted by Gasteiger charge is 2.43. The van der Waals surface area contributed by atoms with Crippen LogP contribution in [0.4, 0.5) is 0 Å². The highest BCUT2D eigenvalue weighted by molar-refractivity contribution is 7.15. The Morgan fingerprint density at radius 2 is 1.67 bits per heavy atom. The molecular formula is C53H56ClN11O5S2. The van der Waals surface area contributed by atoms with Crippen molar-refractivity contribution in [1.82, 2.24) is 50.0 Å². The SMILES string of the molecule is Cc1ncsc1-c1ccc([C@H](C)NC(=O)[C@@H]2C[C@@H](O)CN2C(=O)[C@@H](C(C)C)n2cc(-c3ccnc(OC4CC(NC(=O)C[C@@H]5N=C(c6ccc(Cl)cc6)c6c(sc(C)c6C)-n6c(C)nnc65)C4)c3)cn2)cc1. The molecule has 2 fully saturated rings. The van der Waals surface area contributed by atoms with Gasteiger partial charge in [-0.05, 0) is 81.0 Å². The number of carbonyl (C=O) groups excluding carboxylic acids is 3. The van der Waals surface area contributed by atoms with Gasteiger partial charge in [-0.2, -0.15) is 5.10 Å². The topological polar surface area (TPSA) is 195 Å². The van der Waals surface area contributed by atoms with Crippen molar-refractivity contribution < 1.29 is 24.2 Å². The summed E-state index contributed by atoms with van der Waals surface area (Å²) in [5.74, 6) is 0.851. The van der Waals surface area contributed by atoms with Gasteiger partial charge in [0.1, 0.15) is 35.1 Å². The number of aliphatic hydroxyl groups is 1. The van der Waals surface area contributed by atoms with Gasteiger partial charge in [-0.3, -0.25) is 28.6 Å². The lowest BCUT2D eigenvalue weighted by atomic mass is 9.89. The maximum absolute atomic E-state index is 14.4. The molecule has 16 nitrogen and oxygen atoms in total. The minimum absolute atomic E-state index is 0.0447. The summed E-state index contributed by atoms with van der Waals surface area (Å²) in [6.45, 7) is 13.9. The molecule has 3 amide bonds. The lowest BCUT2D eigenvalue weighted by Crippen LogP contribution is -2.49. The second kappa shape index (κ2) is 20.1. The Kier molecular flexibility index (Phi) is 13.7. The van der Waals surface area contributed by atoms with Crippen molar-refractivity contribution in [2.45, 2.75) is 117 Å². The van der Waals surface area contributed by atoms with E-state index < -0.39 is 24.2 Å². The number of thiazole rings is 1. The molecular weight excluding hydrogens is 970 g/mol. The molecule has 1 saturated heterocycles. The van der Waals surface area contributed by atoms with Crippen LogP contribution in [0, 0.1) is 33.6 Å². The number of nitrogens with one attached hydrogen (secondary N) is 2. The van der Waals surface area contributed by atoms with Crippen molar-refractivity contribution in [3.05, 3.63) is 134 Å². The Hall–Kier alpha value is -6.60. The minimum atomic E-state index is -0.842. The molecule has 2 aliphatic heterocycles. The van der Waals surface area contributed by atoms with Crippen LogP contribution >= 0.6 is 34.3 Å². The monoisotopic (exact) mass is 1030 g/mol. The predicted octanol–water partition coefficient (Wildman–Crippen LogP) is 8.64. The number of nitrogens with zero attached hydrogens (tertiary/aromatic N) is 9. The zero-order valence-electron chi connectivity index (χ0n) is 41.0. The number of amides is 3. The van der Waals surface area contributed by atoms with Crippen LogP contribution < -0.4 is 15.4 Å². The predicted molar refractivity (Wildman–Crippen MR) is 278 cm³/mol. The number of pyridine rings is 1. The van der Waals surface area contributed by atoms with E-state index in [2.05, 4.69) is 49.7 Å². The number of aliphatic imine (C=N–C) groups is 1. The molecule has 5 aromatic heterocycles. The molecule has 10 rings (SSSR count). The molecule has 0 radical (unpaired) electrons. The number of rotatable bonds is 14. The molecule has 7 aromatic rings. The van der Waals surface area contributed by atoms with Gasteiger partial charge in [-0.1, -0.05) is 61.8 Å². The van der Waals surface area contributed by atoms with Crippen molar-refractivity contribution in [1.29, 1.82) is 0 Å². The zero-order chi connectivity index (χ0) is 50.5. The van der Waals surface area contributed by atoms with Gasteiger partial charge < -0.3 is 25.4 Å². The summed E-state index contributed by atoms with van der Waals surface area (Å²) in [7, 11) is 0. The Balaban J connectivity index is 0.762. The Morgan fingerprint density at radius 3 is 2.39 bits per heavy atom. The standard InChI is InChI=1S/C53H56ClN11O5S2/c1-27(2)48(52(69)63-25-40(66)21-43(63)51(68)58-29(4)33-8-10-35(11-9-33)49-30(5)56-26-71-49)64-24-37(23-57-64)36-16-17-55-45(18-36)70-41-19-39(20-41)59-44(67)22-42-50-62-61-32(7)65(50)53-46(28(3)31(6)72-53)47(60-42)34-12-14-38(54)15-13-34/h8-18,23-24,26-27,29,39-43,48,66H,19-22,25H2,1-7H3,(H,58,68)(H,59,67)/t29-,39?,40+,41?,42-,43-,48+/m0/s1. The molecule has 5 atom stereocenters. The third kappa shape index (κ3) is 9.72. The van der Waals surface area contributed by atoms with Gasteiger partial charge in [0.25, 0.3) is 0 Å². The van der Waals surface area contributed by atoms with E-state index in [-0.39, 0.29) is 61.2 Å². The summed E-state index contributed by atoms with van der Waals surface area (Å²) in [5.41, 5.74) is 10.2. The molecule has 0 spiro atoms. The van der Waals surface area contributed by atoms with Crippen LogP contribution in [0.15, 0.2) is 89.8 Å². The second-order valence-electron chi connectivity index (χ2n) is 19.4. The zero-order valence-corrected chi connectivity index (χ0v) is 43.4. The molecule has 3 N–H and O–H groups in total. The van der Waals surface area contributed by atoms with Gasteiger partial charge in [-0.15, -0.1) is 32.9 Å². The average molecular weight is 1030 g/mol. The minimum Gasteiger partial charge on any atom is -0.474 e. The molecule has 72 heavy (non-hydrogen) atoms. The summed E-state index contributed by atoms with van der Waals surface area (Å²) in [5, 5.41) is 32.3. The number of halogens is 1. The van der Waals surface area contributed by atoms with Crippen LogP contribution in [0.2, 0.25) is 5.02 Å². The number of likely N-dealkylation sites (tertiary alicyclic amines) is 1. The molecule has 1 saturated carbocycles. The second-order valence-corrected chi connectivity index (χ2v) is 21.9. The van der Waals surface area contributed by atoms with E-state index in [1.807, 2.05) is 112 Å². The van der Waals surface area contributed by atoms with Gasteiger partial charge in [0.2, 0.25) is 23.6 Å². The number of carbonyl (C=O) groups is 3. The summed E-state index contributed by atoms with van der Waals surface area (Å²) in [4.78, 5) is 59.9. The highest BCUT2D eigenvalue weighted by Crippen LogP contribution is 2.40. The number of hydrogen-bond acceptors (Lipinski definition) is 13. The first-order valence-corrected chi connectivity index (χ1v) is 26.3. The van der Waals surface area contributed by atoms with Crippen LogP contribution in [-0.2, 0) is 14.4 Å². The van der Waals surface area contributed by atoms with E-state index in [1.165, 1.54) is 9.78 Å². The van der Waals surface area contributed by atoms with Crippen LogP contribution in [-0.4, -0.2) is 98.8 Å². The summed E-state index contributed by atoms with van der Waals surface area (Å²) in [6, 6.07) is 16.8. The molecule has 7 heterocycles. The number of aryl methyl sites for hydroxylation is 3. The van der Waals surface area contributed by atoms with E-state index in [9.17, 15) is 19.5 Å². The fourth-order valence-corrected chi connectivity index (χ4v) is 12.1. The Morgan fingerprint density at radius 1 is 0.917 bits per heavy atom. The maximum atomic E-state index is 14.4. The first-order valence-electron chi connectivity index (χ1n) is 24.2. The number of β-amino-alcohol motifs (C(OH)–C–C–N with tert-alkyl or cyclic N) is 1. The number of aromatic nitrogens is 7. The van der Waals surface area contributed by atoms with Crippen LogP contribution in [0.3, 0.4) is 0 Å². The molecule has 0 unspecified atom stereocenters. The van der Waals surface area contributed by atoms with E-state index in [4.69, 9.17) is 21.3 Å². The fraction of sp³-hybridized carbons (Fsp3) is 0.377. The Labute approximate surface area is 430 Å². The van der Waals surface area contributed by atoms with Crippen LogP contribution in [0.1, 0.15) is 109 Å². The lowest BCUT2D eigenvalue weighted by Gasteiger charge is -2.35. The van der Waals surface area contributed by atoms with Crippen molar-refractivity contribution in [2.75, 3.05) is 6.54 Å². The van der Waals surface area contributed by atoms with E-state index in [1.54, 1.807) is 39.7 Å². The average Bonchev–Trinajstić information content (AvgIpc) is 4.19. The van der Waals surface area contributed by atoms with Gasteiger partial charge in [-0.25, -0.2) is 9.97 Å². The number of fused-ring (bicyclic) bond motifs is 3. The van der Waals surface area contributed by atoms with E-state index in [0.29, 0.717) is 29.6 Å². The molecule has 19 heteroatoms.